The molecule has 2 aromatic heterocycles. The van der Waals surface area contributed by atoms with Crippen LogP contribution in [0.25, 0.3) is 11.2 Å². The molecule has 124 valence electrons. The SMILES string of the molecule is CC1OC(n2cnc3c(NC4CCOC4)ncnc32)C(O)C1O. The fourth-order valence-corrected chi connectivity index (χ4v) is 3.04. The number of nitrogens with one attached hydrogen (secondary N) is 1. The fraction of sp³-hybridized carbons (Fsp3) is 0.643. The van der Waals surface area contributed by atoms with Gasteiger partial charge in [0.2, 0.25) is 0 Å². The highest BCUT2D eigenvalue weighted by atomic mass is 16.6. The molecule has 0 radical (unpaired) electrons. The van der Waals surface area contributed by atoms with Gasteiger partial charge in [-0.15, -0.1) is 0 Å². The lowest BCUT2D eigenvalue weighted by atomic mass is 10.1. The maximum Gasteiger partial charge on any atom is 0.167 e. The molecule has 2 saturated heterocycles. The molecule has 4 rings (SSSR count). The van der Waals surface area contributed by atoms with Gasteiger partial charge >= 0.3 is 0 Å². The number of aliphatic hydroxyl groups excluding tert-OH is 2. The molecule has 2 aliphatic rings. The second kappa shape index (κ2) is 5.68. The Balaban J connectivity index is 1.67. The quantitative estimate of drug-likeness (QED) is 0.704. The van der Waals surface area contributed by atoms with Crippen molar-refractivity contribution in [1.82, 2.24) is 19.5 Å². The number of rotatable bonds is 3. The summed E-state index contributed by atoms with van der Waals surface area (Å²) in [6, 6.07) is 0.202. The summed E-state index contributed by atoms with van der Waals surface area (Å²) in [5.41, 5.74) is 1.15. The lowest BCUT2D eigenvalue weighted by Gasteiger charge is -2.16. The molecular weight excluding hydrogens is 302 g/mol. The Labute approximate surface area is 132 Å². The summed E-state index contributed by atoms with van der Waals surface area (Å²) in [6.07, 6.45) is 0.767. The Morgan fingerprint density at radius 3 is 2.83 bits per heavy atom. The third-order valence-electron chi connectivity index (χ3n) is 4.38. The van der Waals surface area contributed by atoms with E-state index in [0.717, 1.165) is 13.0 Å². The molecule has 2 aliphatic heterocycles. The molecule has 0 aromatic carbocycles. The van der Waals surface area contributed by atoms with Gasteiger partial charge in [0, 0.05) is 6.61 Å². The van der Waals surface area contributed by atoms with Gasteiger partial charge < -0.3 is 25.0 Å². The van der Waals surface area contributed by atoms with E-state index in [0.29, 0.717) is 23.6 Å². The maximum atomic E-state index is 10.2. The van der Waals surface area contributed by atoms with Crippen LogP contribution >= 0.6 is 0 Å². The number of fused-ring (bicyclic) bond motifs is 1. The highest BCUT2D eigenvalue weighted by molar-refractivity contribution is 5.82. The van der Waals surface area contributed by atoms with Crippen LogP contribution < -0.4 is 5.32 Å². The summed E-state index contributed by atoms with van der Waals surface area (Å²) in [5.74, 6) is 0.630. The van der Waals surface area contributed by atoms with Gasteiger partial charge in [0.1, 0.15) is 18.5 Å². The molecule has 3 N–H and O–H groups in total. The summed E-state index contributed by atoms with van der Waals surface area (Å²) in [4.78, 5) is 12.9. The first-order chi connectivity index (χ1) is 11.1. The van der Waals surface area contributed by atoms with E-state index < -0.39 is 24.5 Å². The zero-order valence-electron chi connectivity index (χ0n) is 12.7. The number of aromatic nitrogens is 4. The lowest BCUT2D eigenvalue weighted by molar-refractivity contribution is -0.0299. The summed E-state index contributed by atoms with van der Waals surface area (Å²) in [6.45, 7) is 3.09. The maximum absolute atomic E-state index is 10.2. The van der Waals surface area contributed by atoms with Crippen molar-refractivity contribution in [2.75, 3.05) is 18.5 Å². The van der Waals surface area contributed by atoms with Gasteiger partial charge in [0.05, 0.1) is 25.1 Å². The summed E-state index contributed by atoms with van der Waals surface area (Å²) in [7, 11) is 0. The third-order valence-corrected chi connectivity index (χ3v) is 4.38. The summed E-state index contributed by atoms with van der Waals surface area (Å²) < 4.78 is 12.6. The molecule has 9 heteroatoms. The molecule has 0 saturated carbocycles. The summed E-state index contributed by atoms with van der Waals surface area (Å²) >= 11 is 0. The zero-order valence-corrected chi connectivity index (χ0v) is 12.7. The summed E-state index contributed by atoms with van der Waals surface area (Å²) in [5, 5.41) is 23.4. The van der Waals surface area contributed by atoms with Crippen LogP contribution in [0.3, 0.4) is 0 Å². The molecule has 0 amide bonds. The molecule has 5 unspecified atom stereocenters. The largest absolute Gasteiger partial charge is 0.388 e. The van der Waals surface area contributed by atoms with E-state index in [1.54, 1.807) is 17.8 Å². The molecule has 0 bridgehead atoms. The van der Waals surface area contributed by atoms with E-state index in [1.165, 1.54) is 6.33 Å². The van der Waals surface area contributed by atoms with Crippen LogP contribution in [0.15, 0.2) is 12.7 Å². The van der Waals surface area contributed by atoms with Crippen molar-refractivity contribution in [2.24, 2.45) is 0 Å². The third kappa shape index (κ3) is 2.45. The normalized spacial score (nSPS) is 34.3. The number of ether oxygens (including phenoxy) is 2. The van der Waals surface area contributed by atoms with Crippen molar-refractivity contribution in [3.8, 4) is 0 Å². The van der Waals surface area contributed by atoms with Gasteiger partial charge in [0.15, 0.2) is 23.2 Å². The first kappa shape index (κ1) is 14.8. The Kier molecular flexibility index (Phi) is 3.64. The zero-order chi connectivity index (χ0) is 16.0. The van der Waals surface area contributed by atoms with Crippen molar-refractivity contribution in [3.05, 3.63) is 12.7 Å². The van der Waals surface area contributed by atoms with Crippen molar-refractivity contribution in [3.63, 3.8) is 0 Å². The number of nitrogens with zero attached hydrogens (tertiary/aromatic N) is 4. The molecule has 9 nitrogen and oxygen atoms in total. The first-order valence-corrected chi connectivity index (χ1v) is 7.68. The average molecular weight is 321 g/mol. The monoisotopic (exact) mass is 321 g/mol. The van der Waals surface area contributed by atoms with E-state index >= 15 is 0 Å². The highest BCUT2D eigenvalue weighted by Crippen LogP contribution is 2.32. The van der Waals surface area contributed by atoms with Crippen LogP contribution in [-0.4, -0.2) is 67.3 Å². The van der Waals surface area contributed by atoms with Crippen LogP contribution in [0.5, 0.6) is 0 Å². The van der Waals surface area contributed by atoms with Crippen molar-refractivity contribution >= 4 is 17.0 Å². The predicted octanol–water partition coefficient (Wildman–Crippen LogP) is -0.334. The van der Waals surface area contributed by atoms with Gasteiger partial charge in [-0.1, -0.05) is 0 Å². The molecular formula is C14H19N5O4. The lowest BCUT2D eigenvalue weighted by Crippen LogP contribution is -2.30. The first-order valence-electron chi connectivity index (χ1n) is 7.68. The minimum Gasteiger partial charge on any atom is -0.388 e. The fourth-order valence-electron chi connectivity index (χ4n) is 3.04. The molecule has 0 aliphatic carbocycles. The van der Waals surface area contributed by atoms with E-state index in [2.05, 4.69) is 20.3 Å². The van der Waals surface area contributed by atoms with Gasteiger partial charge in [-0.2, -0.15) is 0 Å². The number of aliphatic hydroxyl groups is 2. The van der Waals surface area contributed by atoms with Crippen LogP contribution in [0.2, 0.25) is 0 Å². The second-order valence-corrected chi connectivity index (χ2v) is 5.96. The van der Waals surface area contributed by atoms with E-state index in [9.17, 15) is 10.2 Å². The molecule has 4 heterocycles. The number of hydrogen-bond acceptors (Lipinski definition) is 8. The van der Waals surface area contributed by atoms with E-state index in [-0.39, 0.29) is 6.04 Å². The standard InChI is InChI=1S/C14H19N5O4/c1-7-10(20)11(21)14(23-7)19-6-17-9-12(15-5-16-13(9)19)18-8-2-3-22-4-8/h5-8,10-11,14,20-21H,2-4H2,1H3,(H,15,16,18). The van der Waals surface area contributed by atoms with Crippen molar-refractivity contribution in [1.29, 1.82) is 0 Å². The minimum atomic E-state index is -1.03. The minimum absolute atomic E-state index is 0.202. The van der Waals surface area contributed by atoms with Crippen LogP contribution in [-0.2, 0) is 9.47 Å². The van der Waals surface area contributed by atoms with Crippen LogP contribution in [0.1, 0.15) is 19.6 Å². The molecule has 5 atom stereocenters. The predicted molar refractivity (Wildman–Crippen MR) is 79.8 cm³/mol. The van der Waals surface area contributed by atoms with E-state index in [1.807, 2.05) is 0 Å². The second-order valence-electron chi connectivity index (χ2n) is 5.96. The van der Waals surface area contributed by atoms with Crippen molar-refractivity contribution < 1.29 is 19.7 Å². The van der Waals surface area contributed by atoms with Gasteiger partial charge in [-0.05, 0) is 13.3 Å². The van der Waals surface area contributed by atoms with Crippen LogP contribution in [0, 0.1) is 0 Å². The van der Waals surface area contributed by atoms with Crippen LogP contribution in [0.4, 0.5) is 5.82 Å². The highest BCUT2D eigenvalue weighted by Gasteiger charge is 2.42. The molecule has 23 heavy (non-hydrogen) atoms. The Bertz CT molecular complexity index is 702. The Morgan fingerprint density at radius 2 is 2.13 bits per heavy atom. The topological polar surface area (TPSA) is 115 Å². The Morgan fingerprint density at radius 1 is 1.26 bits per heavy atom. The average Bonchev–Trinajstić information content (AvgIpc) is 3.25. The van der Waals surface area contributed by atoms with E-state index in [4.69, 9.17) is 9.47 Å². The van der Waals surface area contributed by atoms with Gasteiger partial charge in [-0.3, -0.25) is 4.57 Å². The number of hydrogen-bond donors (Lipinski definition) is 3. The number of imidazole rings is 1. The Hall–Kier alpha value is -1.81. The number of anilines is 1. The van der Waals surface area contributed by atoms with Gasteiger partial charge in [-0.25, -0.2) is 15.0 Å². The molecule has 0 spiro atoms. The molecule has 2 fully saturated rings. The molecule has 2 aromatic rings. The smallest absolute Gasteiger partial charge is 0.167 e. The van der Waals surface area contributed by atoms with Gasteiger partial charge in [0.25, 0.3) is 0 Å². The van der Waals surface area contributed by atoms with Crippen molar-refractivity contribution in [2.45, 2.75) is 43.9 Å².